The zero-order valence-electron chi connectivity index (χ0n) is 8.33. The van der Waals surface area contributed by atoms with E-state index in [0.717, 1.165) is 11.3 Å². The van der Waals surface area contributed by atoms with E-state index in [1.54, 1.807) is 16.9 Å². The molecule has 0 radical (unpaired) electrons. The first kappa shape index (κ1) is 9.95. The van der Waals surface area contributed by atoms with E-state index in [4.69, 9.17) is 10.0 Å². The van der Waals surface area contributed by atoms with Gasteiger partial charge in [-0.15, -0.1) is 0 Å². The Kier molecular flexibility index (Phi) is 2.57. The maximum atomic E-state index is 8.92. The lowest BCUT2D eigenvalue weighted by Gasteiger charge is -2.01. The van der Waals surface area contributed by atoms with E-state index in [2.05, 4.69) is 5.10 Å². The Morgan fingerprint density at radius 3 is 2.67 bits per heavy atom. The highest BCUT2D eigenvalue weighted by Gasteiger charge is 2.14. The summed E-state index contributed by atoms with van der Waals surface area (Å²) in [6, 6.07) is 9.39. The first-order valence-corrected chi connectivity index (χ1v) is 4.65. The Morgan fingerprint density at radius 1 is 1.27 bits per heavy atom. The summed E-state index contributed by atoms with van der Waals surface area (Å²) in [5, 5.41) is 21.9. The Hall–Kier alpha value is -1.59. The quantitative estimate of drug-likeness (QED) is 0.666. The van der Waals surface area contributed by atoms with Crippen LogP contribution in [0.5, 0.6) is 0 Å². The molecule has 4 nitrogen and oxygen atoms in total. The molecule has 2 aromatic rings. The summed E-state index contributed by atoms with van der Waals surface area (Å²) in [6.45, 7) is 1.99. The molecule has 0 spiro atoms. The van der Waals surface area contributed by atoms with Gasteiger partial charge in [0.25, 0.3) is 0 Å². The van der Waals surface area contributed by atoms with Crippen LogP contribution in [0.25, 0.3) is 5.69 Å². The molecule has 0 atom stereocenters. The van der Waals surface area contributed by atoms with E-state index >= 15 is 0 Å². The fourth-order valence-electron chi connectivity index (χ4n) is 1.39. The molecule has 5 heteroatoms. The summed E-state index contributed by atoms with van der Waals surface area (Å²) in [6.07, 6.45) is 1.70. The molecule has 2 rings (SSSR count). The fraction of sp³-hybridized carbons (Fsp3) is 0.100. The third-order valence-electron chi connectivity index (χ3n) is 2.14. The highest BCUT2D eigenvalue weighted by atomic mass is 16.4. The van der Waals surface area contributed by atoms with E-state index < -0.39 is 7.12 Å². The lowest BCUT2D eigenvalue weighted by atomic mass is 9.87. The van der Waals surface area contributed by atoms with Gasteiger partial charge in [0.05, 0.1) is 11.3 Å². The molecule has 0 bridgehead atoms. The van der Waals surface area contributed by atoms with Gasteiger partial charge < -0.3 is 10.0 Å². The minimum absolute atomic E-state index is 0.247. The van der Waals surface area contributed by atoms with Crippen LogP contribution in [0.2, 0.25) is 0 Å². The summed E-state index contributed by atoms with van der Waals surface area (Å²) in [7, 11) is -1.52. The molecule has 0 unspecified atom stereocenters. The summed E-state index contributed by atoms with van der Waals surface area (Å²) < 4.78 is 1.61. The van der Waals surface area contributed by atoms with Crippen LogP contribution in [0.4, 0.5) is 0 Å². The molecule has 0 aliphatic carbocycles. The van der Waals surface area contributed by atoms with Crippen LogP contribution in [-0.4, -0.2) is 26.9 Å². The van der Waals surface area contributed by atoms with E-state index in [0.29, 0.717) is 0 Å². The molecule has 2 N–H and O–H groups in total. The lowest BCUT2D eigenvalue weighted by Crippen LogP contribution is -2.31. The Bertz CT molecular complexity index is 468. The fourth-order valence-corrected chi connectivity index (χ4v) is 1.39. The van der Waals surface area contributed by atoms with Gasteiger partial charge in [0.2, 0.25) is 0 Å². The van der Waals surface area contributed by atoms with Crippen LogP contribution >= 0.6 is 0 Å². The zero-order valence-corrected chi connectivity index (χ0v) is 8.33. The average molecular weight is 202 g/mol. The molecule has 1 heterocycles. The Morgan fingerprint density at radius 2 is 2.07 bits per heavy atom. The molecule has 0 amide bonds. The Labute approximate surface area is 87.9 Å². The van der Waals surface area contributed by atoms with Crippen molar-refractivity contribution in [2.45, 2.75) is 6.92 Å². The van der Waals surface area contributed by atoms with Crippen molar-refractivity contribution in [3.05, 3.63) is 42.1 Å². The van der Waals surface area contributed by atoms with Crippen molar-refractivity contribution in [1.29, 1.82) is 0 Å². The third kappa shape index (κ3) is 2.08. The van der Waals surface area contributed by atoms with Gasteiger partial charge in [-0.1, -0.05) is 12.1 Å². The maximum Gasteiger partial charge on any atom is 0.510 e. The number of aromatic nitrogens is 2. The summed E-state index contributed by atoms with van der Waals surface area (Å²) in [5.41, 5.74) is 2.28. The van der Waals surface area contributed by atoms with E-state index in [1.807, 2.05) is 31.2 Å². The van der Waals surface area contributed by atoms with Gasteiger partial charge in [-0.25, -0.2) is 4.68 Å². The predicted molar refractivity (Wildman–Crippen MR) is 58.1 cm³/mol. The van der Waals surface area contributed by atoms with Crippen molar-refractivity contribution >= 4 is 12.7 Å². The molecule has 0 saturated heterocycles. The van der Waals surface area contributed by atoms with E-state index in [-0.39, 0.29) is 5.59 Å². The van der Waals surface area contributed by atoms with Crippen molar-refractivity contribution in [2.24, 2.45) is 0 Å². The third-order valence-corrected chi connectivity index (χ3v) is 2.14. The van der Waals surface area contributed by atoms with Crippen molar-refractivity contribution in [3.63, 3.8) is 0 Å². The highest BCUT2D eigenvalue weighted by molar-refractivity contribution is 6.57. The minimum Gasteiger partial charge on any atom is -0.422 e. The van der Waals surface area contributed by atoms with Gasteiger partial charge in [0.15, 0.2) is 0 Å². The summed E-state index contributed by atoms with van der Waals surface area (Å²) in [4.78, 5) is 0. The van der Waals surface area contributed by atoms with Gasteiger partial charge in [0, 0.05) is 6.20 Å². The Balaban J connectivity index is 2.37. The number of nitrogens with zero attached hydrogens (tertiary/aromatic N) is 2. The SMILES string of the molecule is Cc1cccc(-n2ccc(B(O)O)n2)c1. The van der Waals surface area contributed by atoms with Crippen LogP contribution < -0.4 is 5.59 Å². The summed E-state index contributed by atoms with van der Waals surface area (Å²) in [5.74, 6) is 0. The molecule has 15 heavy (non-hydrogen) atoms. The molecule has 0 aliphatic rings. The van der Waals surface area contributed by atoms with Gasteiger partial charge in [-0.05, 0) is 30.7 Å². The van der Waals surface area contributed by atoms with Crippen molar-refractivity contribution in [1.82, 2.24) is 9.78 Å². The molecule has 76 valence electrons. The monoisotopic (exact) mass is 202 g/mol. The first-order valence-electron chi connectivity index (χ1n) is 4.65. The second kappa shape index (κ2) is 3.88. The van der Waals surface area contributed by atoms with Crippen LogP contribution in [0, 0.1) is 6.92 Å². The first-order chi connectivity index (χ1) is 7.16. The van der Waals surface area contributed by atoms with Gasteiger partial charge in [-0.2, -0.15) is 5.10 Å². The number of rotatable bonds is 2. The molecule has 0 saturated carbocycles. The average Bonchev–Trinajstić information content (AvgIpc) is 2.66. The van der Waals surface area contributed by atoms with Crippen LogP contribution in [-0.2, 0) is 0 Å². The summed E-state index contributed by atoms with van der Waals surface area (Å²) >= 11 is 0. The number of hydrogen-bond donors (Lipinski definition) is 2. The van der Waals surface area contributed by atoms with Gasteiger partial charge >= 0.3 is 7.12 Å². The van der Waals surface area contributed by atoms with Crippen LogP contribution in [0.3, 0.4) is 0 Å². The second-order valence-electron chi connectivity index (χ2n) is 3.40. The largest absolute Gasteiger partial charge is 0.510 e. The van der Waals surface area contributed by atoms with Gasteiger partial charge in [-0.3, -0.25) is 0 Å². The molecule has 1 aromatic heterocycles. The predicted octanol–water partition coefficient (Wildman–Crippen LogP) is -0.139. The minimum atomic E-state index is -1.52. The molecular weight excluding hydrogens is 191 g/mol. The van der Waals surface area contributed by atoms with E-state index in [9.17, 15) is 0 Å². The molecule has 1 aromatic carbocycles. The van der Waals surface area contributed by atoms with Crippen LogP contribution in [0.1, 0.15) is 5.56 Å². The number of benzene rings is 1. The van der Waals surface area contributed by atoms with Crippen LogP contribution in [0.15, 0.2) is 36.5 Å². The number of hydrogen-bond acceptors (Lipinski definition) is 3. The highest BCUT2D eigenvalue weighted by Crippen LogP contribution is 2.07. The zero-order chi connectivity index (χ0) is 10.8. The van der Waals surface area contributed by atoms with Crippen molar-refractivity contribution in [2.75, 3.05) is 0 Å². The van der Waals surface area contributed by atoms with E-state index in [1.165, 1.54) is 0 Å². The second-order valence-corrected chi connectivity index (χ2v) is 3.40. The van der Waals surface area contributed by atoms with Crippen molar-refractivity contribution < 1.29 is 10.0 Å². The standard InChI is InChI=1S/C10H11BN2O2/c1-8-3-2-4-9(7-8)13-6-5-10(12-13)11(14)15/h2-7,14-15H,1H3. The topological polar surface area (TPSA) is 58.3 Å². The smallest absolute Gasteiger partial charge is 0.422 e. The molecule has 0 fully saturated rings. The van der Waals surface area contributed by atoms with Gasteiger partial charge in [0.1, 0.15) is 0 Å². The molecule has 0 aliphatic heterocycles. The molecular formula is C10H11BN2O2. The lowest BCUT2D eigenvalue weighted by molar-refractivity contribution is 0.424. The normalized spacial score (nSPS) is 10.3. The van der Waals surface area contributed by atoms with Crippen molar-refractivity contribution in [3.8, 4) is 5.69 Å². The number of aryl methyl sites for hydroxylation is 1. The maximum absolute atomic E-state index is 8.92.